The number of carbonyl (C=O) groups is 1. The van der Waals surface area contributed by atoms with E-state index in [1.165, 1.54) is 11.3 Å². The third-order valence-electron chi connectivity index (χ3n) is 4.74. The third kappa shape index (κ3) is 3.95. The van der Waals surface area contributed by atoms with Crippen molar-refractivity contribution in [3.8, 4) is 0 Å². The number of carbonyl (C=O) groups excluding carboxylic acids is 1. The summed E-state index contributed by atoms with van der Waals surface area (Å²) in [5, 5.41) is 3.05. The Morgan fingerprint density at radius 3 is 2.38 bits per heavy atom. The second kappa shape index (κ2) is 7.49. The van der Waals surface area contributed by atoms with E-state index in [1.54, 1.807) is 0 Å². The van der Waals surface area contributed by atoms with Crippen molar-refractivity contribution in [2.75, 3.05) is 42.9 Å². The van der Waals surface area contributed by atoms with Gasteiger partial charge in [-0.05, 0) is 43.2 Å². The standard InChI is InChI=1S/C20H25N3O/c1-16-7-6-10-19(17(16)2)21-20(24)15-22-11-13-23(14-12-22)18-8-4-3-5-9-18/h3-10H,11-15H2,1-2H3,(H,21,24). The zero-order chi connectivity index (χ0) is 16.9. The Hall–Kier alpha value is -2.33. The minimum atomic E-state index is 0.0665. The van der Waals surface area contributed by atoms with E-state index in [1.807, 2.05) is 25.1 Å². The van der Waals surface area contributed by atoms with Gasteiger partial charge in [-0.2, -0.15) is 0 Å². The molecular weight excluding hydrogens is 298 g/mol. The Bertz CT molecular complexity index is 691. The predicted octanol–water partition coefficient (Wildman–Crippen LogP) is 3.06. The predicted molar refractivity (Wildman–Crippen MR) is 99.6 cm³/mol. The van der Waals surface area contributed by atoms with Crippen molar-refractivity contribution in [1.29, 1.82) is 0 Å². The number of para-hydroxylation sites is 1. The van der Waals surface area contributed by atoms with E-state index >= 15 is 0 Å². The van der Waals surface area contributed by atoms with Crippen molar-refractivity contribution in [3.05, 3.63) is 59.7 Å². The van der Waals surface area contributed by atoms with Gasteiger partial charge in [-0.1, -0.05) is 30.3 Å². The minimum absolute atomic E-state index is 0.0665. The van der Waals surface area contributed by atoms with Crippen molar-refractivity contribution in [2.24, 2.45) is 0 Å². The Morgan fingerprint density at radius 1 is 0.958 bits per heavy atom. The fourth-order valence-electron chi connectivity index (χ4n) is 3.08. The van der Waals surface area contributed by atoms with Gasteiger partial charge in [0.25, 0.3) is 0 Å². The molecule has 4 nitrogen and oxygen atoms in total. The molecule has 2 aromatic rings. The summed E-state index contributed by atoms with van der Waals surface area (Å²) < 4.78 is 0. The zero-order valence-electron chi connectivity index (χ0n) is 14.5. The van der Waals surface area contributed by atoms with E-state index in [0.717, 1.165) is 37.4 Å². The van der Waals surface area contributed by atoms with Gasteiger partial charge in [0, 0.05) is 37.6 Å². The van der Waals surface area contributed by atoms with Crippen LogP contribution in [0.3, 0.4) is 0 Å². The van der Waals surface area contributed by atoms with Gasteiger partial charge in [0.05, 0.1) is 6.54 Å². The number of benzene rings is 2. The van der Waals surface area contributed by atoms with E-state index in [0.29, 0.717) is 6.54 Å². The highest BCUT2D eigenvalue weighted by Gasteiger charge is 2.19. The molecule has 0 bridgehead atoms. The molecule has 0 aliphatic carbocycles. The normalized spacial score (nSPS) is 15.3. The Kier molecular flexibility index (Phi) is 5.16. The van der Waals surface area contributed by atoms with Gasteiger partial charge in [-0.15, -0.1) is 0 Å². The first-order valence-corrected chi connectivity index (χ1v) is 8.52. The summed E-state index contributed by atoms with van der Waals surface area (Å²) in [7, 11) is 0. The Labute approximate surface area is 144 Å². The largest absolute Gasteiger partial charge is 0.369 e. The number of hydrogen-bond acceptors (Lipinski definition) is 3. The SMILES string of the molecule is Cc1cccc(NC(=O)CN2CCN(c3ccccc3)CC2)c1C. The molecule has 1 aliphatic rings. The average molecular weight is 323 g/mol. The van der Waals surface area contributed by atoms with E-state index in [-0.39, 0.29) is 5.91 Å². The lowest BCUT2D eigenvalue weighted by atomic mass is 10.1. The monoisotopic (exact) mass is 323 g/mol. The third-order valence-corrected chi connectivity index (χ3v) is 4.74. The van der Waals surface area contributed by atoms with Crippen LogP contribution in [0, 0.1) is 13.8 Å². The molecule has 3 rings (SSSR count). The topological polar surface area (TPSA) is 35.6 Å². The molecule has 0 unspecified atom stereocenters. The lowest BCUT2D eigenvalue weighted by Gasteiger charge is -2.35. The molecule has 1 N–H and O–H groups in total. The molecule has 0 saturated carbocycles. The van der Waals surface area contributed by atoms with E-state index in [4.69, 9.17) is 0 Å². The number of anilines is 2. The molecule has 1 heterocycles. The summed E-state index contributed by atoms with van der Waals surface area (Å²) in [6.45, 7) is 8.30. The van der Waals surface area contributed by atoms with Crippen molar-refractivity contribution in [2.45, 2.75) is 13.8 Å². The summed E-state index contributed by atoms with van der Waals surface area (Å²) in [4.78, 5) is 16.9. The summed E-state index contributed by atoms with van der Waals surface area (Å²) in [5.74, 6) is 0.0665. The van der Waals surface area contributed by atoms with Crippen molar-refractivity contribution in [3.63, 3.8) is 0 Å². The van der Waals surface area contributed by atoms with Crippen LogP contribution in [-0.4, -0.2) is 43.5 Å². The van der Waals surface area contributed by atoms with E-state index in [2.05, 4.69) is 52.4 Å². The maximum absolute atomic E-state index is 12.3. The summed E-state index contributed by atoms with van der Waals surface area (Å²) >= 11 is 0. The second-order valence-electron chi connectivity index (χ2n) is 6.39. The number of piperazine rings is 1. The highest BCUT2D eigenvalue weighted by Crippen LogP contribution is 2.18. The first-order chi connectivity index (χ1) is 11.6. The maximum Gasteiger partial charge on any atom is 0.238 e. The van der Waals surface area contributed by atoms with Crippen LogP contribution in [-0.2, 0) is 4.79 Å². The van der Waals surface area contributed by atoms with Gasteiger partial charge in [0.15, 0.2) is 0 Å². The molecule has 1 fully saturated rings. The molecule has 0 atom stereocenters. The number of amides is 1. The molecule has 0 aromatic heterocycles. The van der Waals surface area contributed by atoms with Gasteiger partial charge >= 0.3 is 0 Å². The maximum atomic E-state index is 12.3. The number of hydrogen-bond donors (Lipinski definition) is 1. The molecule has 4 heteroatoms. The molecular formula is C20H25N3O. The van der Waals surface area contributed by atoms with Crippen LogP contribution in [0.15, 0.2) is 48.5 Å². The molecule has 2 aromatic carbocycles. The van der Waals surface area contributed by atoms with Crippen LogP contribution in [0.1, 0.15) is 11.1 Å². The van der Waals surface area contributed by atoms with Gasteiger partial charge in [0.2, 0.25) is 5.91 Å². The van der Waals surface area contributed by atoms with Crippen LogP contribution in [0.4, 0.5) is 11.4 Å². The highest BCUT2D eigenvalue weighted by molar-refractivity contribution is 5.93. The number of aryl methyl sites for hydroxylation is 1. The first kappa shape index (κ1) is 16.5. The van der Waals surface area contributed by atoms with Crippen molar-refractivity contribution in [1.82, 2.24) is 4.90 Å². The lowest BCUT2D eigenvalue weighted by Crippen LogP contribution is -2.48. The molecule has 1 amide bonds. The summed E-state index contributed by atoms with van der Waals surface area (Å²) in [5.41, 5.74) is 4.52. The zero-order valence-corrected chi connectivity index (χ0v) is 14.5. The van der Waals surface area contributed by atoms with Crippen LogP contribution in [0.5, 0.6) is 0 Å². The quantitative estimate of drug-likeness (QED) is 0.939. The summed E-state index contributed by atoms with van der Waals surface area (Å²) in [6, 6.07) is 16.5. The lowest BCUT2D eigenvalue weighted by molar-refractivity contribution is -0.117. The Balaban J connectivity index is 1.51. The van der Waals surface area contributed by atoms with Gasteiger partial charge in [-0.3, -0.25) is 9.69 Å². The molecule has 1 aliphatic heterocycles. The van der Waals surface area contributed by atoms with E-state index < -0.39 is 0 Å². The number of rotatable bonds is 4. The van der Waals surface area contributed by atoms with Crippen LogP contribution < -0.4 is 10.2 Å². The van der Waals surface area contributed by atoms with Gasteiger partial charge in [-0.25, -0.2) is 0 Å². The smallest absolute Gasteiger partial charge is 0.238 e. The van der Waals surface area contributed by atoms with Crippen molar-refractivity contribution >= 4 is 17.3 Å². The van der Waals surface area contributed by atoms with Gasteiger partial charge in [0.1, 0.15) is 0 Å². The minimum Gasteiger partial charge on any atom is -0.369 e. The van der Waals surface area contributed by atoms with Crippen LogP contribution in [0.25, 0.3) is 0 Å². The highest BCUT2D eigenvalue weighted by atomic mass is 16.2. The molecule has 126 valence electrons. The number of nitrogens with one attached hydrogen (secondary N) is 1. The Morgan fingerprint density at radius 2 is 1.67 bits per heavy atom. The van der Waals surface area contributed by atoms with Crippen LogP contribution >= 0.6 is 0 Å². The van der Waals surface area contributed by atoms with Crippen molar-refractivity contribution < 1.29 is 4.79 Å². The fourth-order valence-corrected chi connectivity index (χ4v) is 3.08. The van der Waals surface area contributed by atoms with Crippen LogP contribution in [0.2, 0.25) is 0 Å². The average Bonchev–Trinajstić information content (AvgIpc) is 2.60. The molecule has 24 heavy (non-hydrogen) atoms. The van der Waals surface area contributed by atoms with E-state index in [9.17, 15) is 4.79 Å². The van der Waals surface area contributed by atoms with Gasteiger partial charge < -0.3 is 10.2 Å². The molecule has 1 saturated heterocycles. The second-order valence-corrected chi connectivity index (χ2v) is 6.39. The molecule has 0 spiro atoms. The fraction of sp³-hybridized carbons (Fsp3) is 0.350. The summed E-state index contributed by atoms with van der Waals surface area (Å²) in [6.07, 6.45) is 0. The molecule has 0 radical (unpaired) electrons. The number of nitrogens with zero attached hydrogens (tertiary/aromatic N) is 2. The first-order valence-electron chi connectivity index (χ1n) is 8.52.